The third-order valence-corrected chi connectivity index (χ3v) is 4.69. The van der Waals surface area contributed by atoms with Gasteiger partial charge in [-0.1, -0.05) is 0 Å². The first-order valence-electron chi connectivity index (χ1n) is 8.63. The van der Waals surface area contributed by atoms with Gasteiger partial charge in [-0.3, -0.25) is 9.69 Å². The quantitative estimate of drug-likeness (QED) is 0.791. The van der Waals surface area contributed by atoms with Gasteiger partial charge < -0.3 is 24.6 Å². The van der Waals surface area contributed by atoms with E-state index in [0.29, 0.717) is 37.6 Å². The molecular weight excluding hydrogens is 350 g/mol. The topological polar surface area (TPSA) is 95.4 Å². The lowest BCUT2D eigenvalue weighted by molar-refractivity contribution is -0.143. The molecule has 1 aliphatic rings. The van der Waals surface area contributed by atoms with E-state index in [1.54, 1.807) is 24.3 Å². The van der Waals surface area contributed by atoms with Crippen LogP contribution in [0.5, 0.6) is 17.5 Å². The number of hydrogen-bond acceptors (Lipinski definition) is 7. The molecule has 0 spiro atoms. The maximum atomic E-state index is 12.0. The van der Waals surface area contributed by atoms with Crippen LogP contribution in [0, 0.1) is 0 Å². The molecule has 144 valence electrons. The molecule has 0 bridgehead atoms. The Kier molecular flexibility index (Phi) is 5.66. The molecule has 2 heterocycles. The number of benzene rings is 1. The molecule has 1 aromatic carbocycles. The van der Waals surface area contributed by atoms with Crippen molar-refractivity contribution in [2.45, 2.75) is 6.04 Å². The van der Waals surface area contributed by atoms with E-state index in [9.17, 15) is 15.0 Å². The van der Waals surface area contributed by atoms with Crippen LogP contribution in [0.4, 0.5) is 5.69 Å². The van der Waals surface area contributed by atoms with Crippen LogP contribution in [0.2, 0.25) is 0 Å². The Morgan fingerprint density at radius 2 is 1.70 bits per heavy atom. The summed E-state index contributed by atoms with van der Waals surface area (Å²) < 4.78 is 10.4. The highest BCUT2D eigenvalue weighted by Gasteiger charge is 2.33. The molecule has 2 N–H and O–H groups in total. The smallest absolute Gasteiger partial charge is 0.325 e. The summed E-state index contributed by atoms with van der Waals surface area (Å²) in [7, 11) is 2.96. The highest BCUT2D eigenvalue weighted by atomic mass is 16.5. The van der Waals surface area contributed by atoms with Crippen molar-refractivity contribution in [3.05, 3.63) is 42.0 Å². The molecule has 0 radical (unpaired) electrons. The molecule has 0 aliphatic carbocycles. The second-order valence-corrected chi connectivity index (χ2v) is 6.23. The summed E-state index contributed by atoms with van der Waals surface area (Å²) in [5.41, 5.74) is 1.51. The summed E-state index contributed by atoms with van der Waals surface area (Å²) >= 11 is 0. The summed E-state index contributed by atoms with van der Waals surface area (Å²) in [6.45, 7) is 2.51. The second kappa shape index (κ2) is 8.13. The number of pyridine rings is 1. The summed E-state index contributed by atoms with van der Waals surface area (Å²) in [4.78, 5) is 20.3. The molecule has 1 aromatic heterocycles. The van der Waals surface area contributed by atoms with Crippen molar-refractivity contribution >= 4 is 11.7 Å². The van der Waals surface area contributed by atoms with Crippen LogP contribution in [-0.4, -0.2) is 66.5 Å². The van der Waals surface area contributed by atoms with E-state index < -0.39 is 12.0 Å². The van der Waals surface area contributed by atoms with Crippen LogP contribution in [0.25, 0.3) is 0 Å². The van der Waals surface area contributed by atoms with Crippen LogP contribution in [-0.2, 0) is 4.79 Å². The van der Waals surface area contributed by atoms with Crippen LogP contribution in [0.15, 0.2) is 36.4 Å². The monoisotopic (exact) mass is 373 g/mol. The van der Waals surface area contributed by atoms with Gasteiger partial charge in [-0.05, 0) is 30.3 Å². The van der Waals surface area contributed by atoms with E-state index in [0.717, 1.165) is 5.69 Å². The van der Waals surface area contributed by atoms with Gasteiger partial charge >= 0.3 is 5.97 Å². The van der Waals surface area contributed by atoms with Gasteiger partial charge in [0.15, 0.2) is 0 Å². The summed E-state index contributed by atoms with van der Waals surface area (Å²) in [5.74, 6) is -0.0969. The first kappa shape index (κ1) is 18.8. The van der Waals surface area contributed by atoms with Gasteiger partial charge in [0.25, 0.3) is 0 Å². The van der Waals surface area contributed by atoms with Gasteiger partial charge in [-0.15, -0.1) is 0 Å². The number of carboxylic acid groups (broad SMARTS) is 1. The number of aromatic nitrogens is 1. The first-order chi connectivity index (χ1) is 13.0. The number of anilines is 1. The maximum Gasteiger partial charge on any atom is 0.325 e. The molecule has 1 atom stereocenters. The lowest BCUT2D eigenvalue weighted by atomic mass is 10.1. The zero-order valence-electron chi connectivity index (χ0n) is 15.3. The fourth-order valence-electron chi connectivity index (χ4n) is 3.31. The van der Waals surface area contributed by atoms with Gasteiger partial charge in [0, 0.05) is 43.5 Å². The number of ether oxygens (including phenoxy) is 2. The van der Waals surface area contributed by atoms with Gasteiger partial charge in [0.1, 0.15) is 11.8 Å². The van der Waals surface area contributed by atoms with Gasteiger partial charge in [0.2, 0.25) is 11.8 Å². The second-order valence-electron chi connectivity index (χ2n) is 6.23. The standard InChI is InChI=1S/C19H23N3O5/c1-26-16-8-7-15(18(20-16)27-2)17(19(24)25)22-11-9-21(10-12-22)13-3-5-14(23)6-4-13/h3-8,17,23H,9-12H2,1-2H3,(H,24,25). The number of rotatable bonds is 6. The fourth-order valence-corrected chi connectivity index (χ4v) is 3.31. The zero-order chi connectivity index (χ0) is 19.4. The Morgan fingerprint density at radius 1 is 1.04 bits per heavy atom. The molecule has 27 heavy (non-hydrogen) atoms. The number of hydrogen-bond donors (Lipinski definition) is 2. The van der Waals surface area contributed by atoms with Crippen molar-refractivity contribution in [1.82, 2.24) is 9.88 Å². The Labute approximate surface area is 157 Å². The van der Waals surface area contributed by atoms with E-state index in [1.165, 1.54) is 14.2 Å². The van der Waals surface area contributed by atoms with Crippen molar-refractivity contribution in [2.24, 2.45) is 0 Å². The van der Waals surface area contributed by atoms with E-state index >= 15 is 0 Å². The van der Waals surface area contributed by atoms with Crippen molar-refractivity contribution in [1.29, 1.82) is 0 Å². The van der Waals surface area contributed by atoms with Gasteiger partial charge in [-0.25, -0.2) is 0 Å². The van der Waals surface area contributed by atoms with Crippen LogP contribution in [0.3, 0.4) is 0 Å². The minimum Gasteiger partial charge on any atom is -0.508 e. The molecule has 0 amide bonds. The van der Waals surface area contributed by atoms with Gasteiger partial charge in [0.05, 0.1) is 14.2 Å². The summed E-state index contributed by atoms with van der Waals surface area (Å²) in [5, 5.41) is 19.3. The number of nitrogens with zero attached hydrogens (tertiary/aromatic N) is 3. The Bertz CT molecular complexity index is 788. The predicted molar refractivity (Wildman–Crippen MR) is 99.6 cm³/mol. The molecule has 0 saturated carbocycles. The summed E-state index contributed by atoms with van der Waals surface area (Å²) in [6, 6.07) is 9.49. The third kappa shape index (κ3) is 4.06. The van der Waals surface area contributed by atoms with E-state index in [-0.39, 0.29) is 11.6 Å². The third-order valence-electron chi connectivity index (χ3n) is 4.69. The van der Waals surface area contributed by atoms with Crippen molar-refractivity contribution in [3.8, 4) is 17.5 Å². The van der Waals surface area contributed by atoms with Crippen molar-refractivity contribution < 1.29 is 24.5 Å². The van der Waals surface area contributed by atoms with Gasteiger partial charge in [-0.2, -0.15) is 4.98 Å². The number of phenolic OH excluding ortho intramolecular Hbond substituents is 1. The average Bonchev–Trinajstić information content (AvgIpc) is 2.69. The minimum atomic E-state index is -0.946. The highest BCUT2D eigenvalue weighted by Crippen LogP contribution is 2.31. The number of carboxylic acids is 1. The van der Waals surface area contributed by atoms with Crippen LogP contribution < -0.4 is 14.4 Å². The number of aliphatic carboxylic acids is 1. The molecule has 2 aromatic rings. The molecular formula is C19H23N3O5. The van der Waals surface area contributed by atoms with Crippen LogP contribution in [0.1, 0.15) is 11.6 Å². The van der Waals surface area contributed by atoms with Crippen LogP contribution >= 0.6 is 0 Å². The fraction of sp³-hybridized carbons (Fsp3) is 0.368. The number of carbonyl (C=O) groups is 1. The zero-order valence-corrected chi connectivity index (χ0v) is 15.3. The Hall–Kier alpha value is -3.00. The number of aromatic hydroxyl groups is 1. The Morgan fingerprint density at radius 3 is 2.26 bits per heavy atom. The van der Waals surface area contributed by atoms with E-state index in [1.807, 2.05) is 17.0 Å². The first-order valence-corrected chi connectivity index (χ1v) is 8.63. The molecule has 1 unspecified atom stereocenters. The maximum absolute atomic E-state index is 12.0. The molecule has 1 aliphatic heterocycles. The summed E-state index contributed by atoms with van der Waals surface area (Å²) in [6.07, 6.45) is 0. The van der Waals surface area contributed by atoms with E-state index in [2.05, 4.69) is 9.88 Å². The normalized spacial score (nSPS) is 16.0. The predicted octanol–water partition coefficient (Wildman–Crippen LogP) is 1.75. The number of piperazine rings is 1. The molecule has 3 rings (SSSR count). The number of phenols is 1. The highest BCUT2D eigenvalue weighted by molar-refractivity contribution is 5.76. The number of methoxy groups -OCH3 is 2. The Balaban J connectivity index is 1.77. The van der Waals surface area contributed by atoms with Crippen molar-refractivity contribution in [3.63, 3.8) is 0 Å². The molecule has 1 saturated heterocycles. The molecule has 8 nitrogen and oxygen atoms in total. The molecule has 8 heteroatoms. The minimum absolute atomic E-state index is 0.224. The average molecular weight is 373 g/mol. The van der Waals surface area contributed by atoms with E-state index in [4.69, 9.17) is 9.47 Å². The molecule has 1 fully saturated rings. The SMILES string of the molecule is COc1ccc(C(C(=O)O)N2CCN(c3ccc(O)cc3)CC2)c(OC)n1. The van der Waals surface area contributed by atoms with Crippen molar-refractivity contribution in [2.75, 3.05) is 45.3 Å². The lowest BCUT2D eigenvalue weighted by Gasteiger charge is -2.39. The lowest BCUT2D eigenvalue weighted by Crippen LogP contribution is -2.49. The largest absolute Gasteiger partial charge is 0.508 e.